The summed E-state index contributed by atoms with van der Waals surface area (Å²) in [6.45, 7) is 7.28. The molecule has 4 rings (SSSR count). The Morgan fingerprint density at radius 2 is 2.41 bits per heavy atom. The van der Waals surface area contributed by atoms with Gasteiger partial charge in [0.2, 0.25) is 5.91 Å². The van der Waals surface area contributed by atoms with Crippen molar-refractivity contribution in [3.05, 3.63) is 11.1 Å². The van der Waals surface area contributed by atoms with Gasteiger partial charge in [0.25, 0.3) is 0 Å². The molecule has 1 unspecified atom stereocenters. The first kappa shape index (κ1) is 14.6. The van der Waals surface area contributed by atoms with Crippen LogP contribution >= 0.6 is 11.3 Å². The highest BCUT2D eigenvalue weighted by Gasteiger charge is 2.40. The lowest BCUT2D eigenvalue weighted by Gasteiger charge is -2.22. The molecule has 0 bridgehead atoms. The van der Waals surface area contributed by atoms with Crippen LogP contribution in [0.15, 0.2) is 5.38 Å². The fourth-order valence-corrected chi connectivity index (χ4v) is 4.83. The quantitative estimate of drug-likeness (QED) is 0.920. The molecule has 3 aliphatic rings. The summed E-state index contributed by atoms with van der Waals surface area (Å²) in [5.74, 6) is 0.126. The van der Waals surface area contributed by atoms with Gasteiger partial charge in [0.1, 0.15) is 0 Å². The maximum absolute atomic E-state index is 11.8. The van der Waals surface area contributed by atoms with Crippen molar-refractivity contribution >= 4 is 22.4 Å². The van der Waals surface area contributed by atoms with Crippen LogP contribution in [0.2, 0.25) is 0 Å². The highest BCUT2D eigenvalue weighted by Crippen LogP contribution is 2.37. The molecule has 1 aromatic rings. The fourth-order valence-electron chi connectivity index (χ4n) is 3.90. The third-order valence-electron chi connectivity index (χ3n) is 5.23. The lowest BCUT2D eigenvalue weighted by Crippen LogP contribution is -2.31. The molecule has 1 spiro atoms. The number of anilines is 1. The molecule has 120 valence electrons. The molecule has 1 N–H and O–H groups in total. The Bertz CT molecular complexity index is 562. The number of hydrogen-bond donors (Lipinski definition) is 1. The minimum atomic E-state index is 0.126. The van der Waals surface area contributed by atoms with E-state index in [1.165, 1.54) is 39.0 Å². The Hall–Kier alpha value is -0.980. The zero-order valence-electron chi connectivity index (χ0n) is 13.2. The van der Waals surface area contributed by atoms with Crippen molar-refractivity contribution in [2.45, 2.75) is 45.2 Å². The van der Waals surface area contributed by atoms with Crippen LogP contribution in [-0.4, -0.2) is 48.0 Å². The number of thiazole rings is 1. The third-order valence-corrected chi connectivity index (χ3v) is 6.12. The maximum Gasteiger partial charge on any atom is 0.225 e. The number of nitrogens with zero attached hydrogens (tertiary/aromatic N) is 3. The molecule has 3 heterocycles. The van der Waals surface area contributed by atoms with E-state index < -0.39 is 0 Å². The van der Waals surface area contributed by atoms with E-state index in [0.717, 1.165) is 30.2 Å². The topological polar surface area (TPSA) is 48.5 Å². The lowest BCUT2D eigenvalue weighted by molar-refractivity contribution is -0.116. The number of nitrogens with one attached hydrogen (secondary N) is 1. The number of likely N-dealkylation sites (tertiary alicyclic amines) is 1. The van der Waals surface area contributed by atoms with Crippen LogP contribution < -0.4 is 10.2 Å². The first-order chi connectivity index (χ1) is 10.7. The van der Waals surface area contributed by atoms with Gasteiger partial charge < -0.3 is 5.32 Å². The number of carbonyl (C=O) groups excluding carboxylic acids is 1. The molecular weight excluding hydrogens is 296 g/mol. The Kier molecular flexibility index (Phi) is 3.71. The van der Waals surface area contributed by atoms with Crippen molar-refractivity contribution in [3.8, 4) is 0 Å². The molecule has 22 heavy (non-hydrogen) atoms. The highest BCUT2D eigenvalue weighted by atomic mass is 32.1. The molecule has 1 amide bonds. The molecule has 1 aromatic heterocycles. The van der Waals surface area contributed by atoms with Crippen molar-refractivity contribution in [2.24, 2.45) is 5.41 Å². The van der Waals surface area contributed by atoms with Gasteiger partial charge in [0, 0.05) is 38.0 Å². The van der Waals surface area contributed by atoms with E-state index in [9.17, 15) is 4.79 Å². The van der Waals surface area contributed by atoms with Crippen molar-refractivity contribution < 1.29 is 4.79 Å². The van der Waals surface area contributed by atoms with Crippen molar-refractivity contribution in [2.75, 3.05) is 31.1 Å². The van der Waals surface area contributed by atoms with Crippen molar-refractivity contribution in [1.29, 1.82) is 0 Å². The second-order valence-corrected chi connectivity index (χ2v) is 7.97. The monoisotopic (exact) mass is 320 g/mol. The van der Waals surface area contributed by atoms with Crippen molar-refractivity contribution in [3.63, 3.8) is 0 Å². The average molecular weight is 320 g/mol. The Labute approximate surface area is 135 Å². The van der Waals surface area contributed by atoms with Gasteiger partial charge >= 0.3 is 0 Å². The predicted molar refractivity (Wildman–Crippen MR) is 88.1 cm³/mol. The number of rotatable bonds is 4. The highest BCUT2D eigenvalue weighted by molar-refractivity contribution is 7.14. The summed E-state index contributed by atoms with van der Waals surface area (Å²) in [5.41, 5.74) is 1.63. The largest absolute Gasteiger partial charge is 0.316 e. The fraction of sp³-hybridized carbons (Fsp3) is 0.750. The standard InChI is InChI=1S/C16H24N4OS/c1-12(21)20(14-2-3-14)15-18-13(9-22-15)8-19-7-5-16(11-19)4-6-17-10-16/h9,14,17H,2-8,10-11H2,1H3. The van der Waals surface area contributed by atoms with E-state index >= 15 is 0 Å². The van der Waals surface area contributed by atoms with E-state index in [2.05, 4.69) is 15.6 Å². The Morgan fingerprint density at radius 3 is 3.09 bits per heavy atom. The summed E-state index contributed by atoms with van der Waals surface area (Å²) in [5, 5.41) is 6.53. The number of hydrogen-bond acceptors (Lipinski definition) is 5. The molecule has 0 aromatic carbocycles. The molecule has 5 nitrogen and oxygen atoms in total. The Balaban J connectivity index is 1.41. The van der Waals surface area contributed by atoms with Crippen LogP contribution in [0.1, 0.15) is 38.3 Å². The smallest absolute Gasteiger partial charge is 0.225 e. The summed E-state index contributed by atoms with van der Waals surface area (Å²) < 4.78 is 0. The van der Waals surface area contributed by atoms with Gasteiger partial charge in [0.15, 0.2) is 5.13 Å². The Morgan fingerprint density at radius 1 is 1.55 bits per heavy atom. The van der Waals surface area contributed by atoms with Gasteiger partial charge in [0.05, 0.1) is 5.69 Å². The van der Waals surface area contributed by atoms with E-state index in [-0.39, 0.29) is 5.91 Å². The second-order valence-electron chi connectivity index (χ2n) is 7.13. The van der Waals surface area contributed by atoms with E-state index in [1.54, 1.807) is 18.3 Å². The summed E-state index contributed by atoms with van der Waals surface area (Å²) in [7, 11) is 0. The van der Waals surface area contributed by atoms with Crippen LogP contribution in [0.25, 0.3) is 0 Å². The zero-order valence-corrected chi connectivity index (χ0v) is 14.0. The molecule has 1 saturated carbocycles. The summed E-state index contributed by atoms with van der Waals surface area (Å²) in [4.78, 5) is 21.0. The summed E-state index contributed by atoms with van der Waals surface area (Å²) >= 11 is 1.62. The van der Waals surface area contributed by atoms with E-state index in [0.29, 0.717) is 11.5 Å². The minimum Gasteiger partial charge on any atom is -0.316 e. The molecule has 2 aliphatic heterocycles. The first-order valence-electron chi connectivity index (χ1n) is 8.33. The third kappa shape index (κ3) is 2.79. The number of carbonyl (C=O) groups is 1. The lowest BCUT2D eigenvalue weighted by atomic mass is 9.87. The molecule has 1 atom stereocenters. The van der Waals surface area contributed by atoms with Crippen LogP contribution in [0, 0.1) is 5.41 Å². The average Bonchev–Trinajstić information content (AvgIpc) is 2.89. The van der Waals surface area contributed by atoms with Crippen LogP contribution in [0.5, 0.6) is 0 Å². The first-order valence-corrected chi connectivity index (χ1v) is 9.20. The van der Waals surface area contributed by atoms with E-state index in [1.807, 2.05) is 4.90 Å². The van der Waals surface area contributed by atoms with Gasteiger partial charge in [-0.05, 0) is 44.2 Å². The van der Waals surface area contributed by atoms with Gasteiger partial charge in [-0.2, -0.15) is 0 Å². The van der Waals surface area contributed by atoms with Gasteiger partial charge in [-0.25, -0.2) is 4.98 Å². The molecule has 3 fully saturated rings. The van der Waals surface area contributed by atoms with Gasteiger partial charge in [-0.1, -0.05) is 0 Å². The van der Waals surface area contributed by atoms with Crippen LogP contribution in [0.4, 0.5) is 5.13 Å². The molecular formula is C16H24N4OS. The molecule has 0 radical (unpaired) electrons. The number of aromatic nitrogens is 1. The normalized spacial score (nSPS) is 28.6. The van der Waals surface area contributed by atoms with Crippen molar-refractivity contribution in [1.82, 2.24) is 15.2 Å². The van der Waals surface area contributed by atoms with Gasteiger partial charge in [-0.15, -0.1) is 11.3 Å². The minimum absolute atomic E-state index is 0.126. The zero-order chi connectivity index (χ0) is 15.2. The molecule has 2 saturated heterocycles. The predicted octanol–water partition coefficient (Wildman–Crippen LogP) is 1.84. The number of amides is 1. The van der Waals surface area contributed by atoms with Crippen LogP contribution in [-0.2, 0) is 11.3 Å². The SMILES string of the molecule is CC(=O)N(c1nc(CN2CCC3(CCNC3)C2)cs1)C1CC1. The summed E-state index contributed by atoms with van der Waals surface area (Å²) in [6, 6.07) is 0.399. The maximum atomic E-state index is 11.8. The molecule has 1 aliphatic carbocycles. The summed E-state index contributed by atoms with van der Waals surface area (Å²) in [6.07, 6.45) is 4.86. The molecule has 6 heteroatoms. The van der Waals surface area contributed by atoms with Crippen LogP contribution in [0.3, 0.4) is 0 Å². The van der Waals surface area contributed by atoms with E-state index in [4.69, 9.17) is 4.98 Å². The second kappa shape index (κ2) is 5.58. The van der Waals surface area contributed by atoms with Gasteiger partial charge in [-0.3, -0.25) is 14.6 Å².